The lowest BCUT2D eigenvalue weighted by Crippen LogP contribution is -2.30. The maximum absolute atomic E-state index is 12.2. The number of methoxy groups -OCH3 is 1. The summed E-state index contributed by atoms with van der Waals surface area (Å²) in [6.07, 6.45) is -0.719. The van der Waals surface area contributed by atoms with Crippen LogP contribution < -0.4 is 10.1 Å². The van der Waals surface area contributed by atoms with Crippen molar-refractivity contribution < 1.29 is 19.1 Å². The summed E-state index contributed by atoms with van der Waals surface area (Å²) in [6.45, 7) is 1.63. The highest BCUT2D eigenvalue weighted by atomic mass is 79.9. The average Bonchev–Trinajstić information content (AvgIpc) is 2.57. The molecule has 126 valence electrons. The second-order valence-corrected chi connectivity index (χ2v) is 6.21. The summed E-state index contributed by atoms with van der Waals surface area (Å²) in [5.41, 5.74) is 0.606. The van der Waals surface area contributed by atoms with Gasteiger partial charge >= 0.3 is 5.97 Å². The van der Waals surface area contributed by atoms with Crippen LogP contribution in [0.1, 0.15) is 17.3 Å². The quantitative estimate of drug-likeness (QED) is 0.744. The monoisotopic (exact) mass is 411 g/mol. The second-order valence-electron chi connectivity index (χ2n) is 4.89. The second kappa shape index (κ2) is 8.17. The molecule has 0 fully saturated rings. The lowest BCUT2D eigenvalue weighted by Gasteiger charge is -2.15. The van der Waals surface area contributed by atoms with Crippen molar-refractivity contribution in [3.05, 3.63) is 57.5 Å². The Labute approximate surface area is 153 Å². The van der Waals surface area contributed by atoms with Gasteiger partial charge in [0.25, 0.3) is 5.91 Å². The Morgan fingerprint density at radius 2 is 1.83 bits per heavy atom. The molecule has 0 aliphatic heterocycles. The first-order valence-corrected chi connectivity index (χ1v) is 8.18. The molecule has 1 amide bonds. The van der Waals surface area contributed by atoms with Crippen molar-refractivity contribution in [2.45, 2.75) is 13.0 Å². The van der Waals surface area contributed by atoms with Gasteiger partial charge in [0.15, 0.2) is 6.10 Å². The molecule has 0 aromatic heterocycles. The molecule has 2 aromatic rings. The molecule has 2 aromatic carbocycles. The van der Waals surface area contributed by atoms with E-state index in [4.69, 9.17) is 16.3 Å². The summed E-state index contributed by atoms with van der Waals surface area (Å²) >= 11 is 9.28. The zero-order valence-electron chi connectivity index (χ0n) is 13.0. The number of amides is 1. The minimum absolute atomic E-state index is 0.179. The van der Waals surface area contributed by atoms with Crippen LogP contribution in [-0.4, -0.2) is 25.1 Å². The van der Waals surface area contributed by atoms with Gasteiger partial charge in [0, 0.05) is 10.2 Å². The van der Waals surface area contributed by atoms with E-state index < -0.39 is 12.1 Å². The van der Waals surface area contributed by atoms with E-state index in [-0.39, 0.29) is 16.5 Å². The van der Waals surface area contributed by atoms with Crippen LogP contribution >= 0.6 is 27.5 Å². The molecule has 0 saturated carbocycles. The SMILES string of the molecule is COC(=O)c1cc(NC(=O)[C@H](C)Oc2ccc(Br)cc2)ccc1Cl. The molecule has 0 bridgehead atoms. The van der Waals surface area contributed by atoms with E-state index in [1.165, 1.54) is 19.2 Å². The first-order chi connectivity index (χ1) is 11.4. The normalized spacial score (nSPS) is 11.5. The van der Waals surface area contributed by atoms with Crippen molar-refractivity contribution in [1.29, 1.82) is 0 Å². The third-order valence-electron chi connectivity index (χ3n) is 3.13. The molecular weight excluding hydrogens is 398 g/mol. The molecule has 7 heteroatoms. The summed E-state index contributed by atoms with van der Waals surface area (Å²) in [4.78, 5) is 23.9. The van der Waals surface area contributed by atoms with Crippen molar-refractivity contribution in [2.24, 2.45) is 0 Å². The van der Waals surface area contributed by atoms with E-state index in [9.17, 15) is 9.59 Å². The van der Waals surface area contributed by atoms with Gasteiger partial charge < -0.3 is 14.8 Å². The van der Waals surface area contributed by atoms with E-state index in [1.54, 1.807) is 25.1 Å². The van der Waals surface area contributed by atoms with E-state index in [1.807, 2.05) is 12.1 Å². The molecule has 0 aliphatic carbocycles. The molecule has 0 spiro atoms. The smallest absolute Gasteiger partial charge is 0.339 e. The third-order valence-corrected chi connectivity index (χ3v) is 3.99. The van der Waals surface area contributed by atoms with E-state index in [0.717, 1.165) is 4.47 Å². The van der Waals surface area contributed by atoms with Crippen LogP contribution in [0.15, 0.2) is 46.9 Å². The van der Waals surface area contributed by atoms with Crippen molar-refractivity contribution in [1.82, 2.24) is 0 Å². The zero-order valence-corrected chi connectivity index (χ0v) is 15.3. The summed E-state index contributed by atoms with van der Waals surface area (Å²) in [7, 11) is 1.26. The first kappa shape index (κ1) is 18.3. The van der Waals surface area contributed by atoms with Crippen molar-refractivity contribution in [3.63, 3.8) is 0 Å². The highest BCUT2D eigenvalue weighted by molar-refractivity contribution is 9.10. The van der Waals surface area contributed by atoms with E-state index in [0.29, 0.717) is 11.4 Å². The molecule has 0 radical (unpaired) electrons. The van der Waals surface area contributed by atoms with Gasteiger partial charge in [0.05, 0.1) is 17.7 Å². The molecule has 1 N–H and O–H groups in total. The lowest BCUT2D eigenvalue weighted by atomic mass is 10.2. The summed E-state index contributed by atoms with van der Waals surface area (Å²) in [6, 6.07) is 11.7. The first-order valence-electron chi connectivity index (χ1n) is 7.01. The molecule has 2 rings (SSSR count). The third kappa shape index (κ3) is 4.72. The Morgan fingerprint density at radius 1 is 1.17 bits per heavy atom. The number of hydrogen-bond acceptors (Lipinski definition) is 4. The maximum Gasteiger partial charge on any atom is 0.339 e. The molecular formula is C17H15BrClNO4. The summed E-state index contributed by atoms with van der Waals surface area (Å²) in [5, 5.41) is 2.93. The minimum Gasteiger partial charge on any atom is -0.481 e. The Morgan fingerprint density at radius 3 is 2.46 bits per heavy atom. The number of rotatable bonds is 5. The Bertz CT molecular complexity index is 749. The fraction of sp³-hybridized carbons (Fsp3) is 0.176. The molecule has 5 nitrogen and oxygen atoms in total. The largest absolute Gasteiger partial charge is 0.481 e. The van der Waals surface area contributed by atoms with Gasteiger partial charge in [-0.3, -0.25) is 4.79 Å². The minimum atomic E-state index is -0.719. The van der Waals surface area contributed by atoms with E-state index in [2.05, 4.69) is 26.0 Å². The fourth-order valence-corrected chi connectivity index (χ4v) is 2.34. The van der Waals surface area contributed by atoms with Crippen LogP contribution in [0.5, 0.6) is 5.75 Å². The van der Waals surface area contributed by atoms with E-state index >= 15 is 0 Å². The van der Waals surface area contributed by atoms with Gasteiger partial charge in [0.1, 0.15) is 5.75 Å². The molecule has 1 atom stereocenters. The van der Waals surface area contributed by atoms with Gasteiger partial charge in [-0.05, 0) is 49.4 Å². The van der Waals surface area contributed by atoms with Gasteiger partial charge in [-0.15, -0.1) is 0 Å². The van der Waals surface area contributed by atoms with Crippen molar-refractivity contribution >= 4 is 45.1 Å². The number of nitrogens with one attached hydrogen (secondary N) is 1. The van der Waals surface area contributed by atoms with Gasteiger partial charge in [-0.2, -0.15) is 0 Å². The number of halogens is 2. The number of carbonyl (C=O) groups excluding carboxylic acids is 2. The molecule has 0 aliphatic rings. The average molecular weight is 413 g/mol. The number of anilines is 1. The number of hydrogen-bond donors (Lipinski definition) is 1. The summed E-state index contributed by atoms with van der Waals surface area (Å²) in [5.74, 6) is -0.349. The van der Waals surface area contributed by atoms with Gasteiger partial charge in [-0.1, -0.05) is 27.5 Å². The predicted molar refractivity (Wildman–Crippen MR) is 95.7 cm³/mol. The Kier molecular flexibility index (Phi) is 6.23. The van der Waals surface area contributed by atoms with Crippen molar-refractivity contribution in [2.75, 3.05) is 12.4 Å². The highest BCUT2D eigenvalue weighted by Gasteiger charge is 2.17. The number of carbonyl (C=O) groups is 2. The van der Waals surface area contributed by atoms with Crippen LogP contribution in [0.25, 0.3) is 0 Å². The predicted octanol–water partition coefficient (Wildman–Crippen LogP) is 4.30. The Hall–Kier alpha value is -2.05. The number of benzene rings is 2. The van der Waals surface area contributed by atoms with Crippen LogP contribution in [0.3, 0.4) is 0 Å². The standard InChI is InChI=1S/C17H15BrClNO4/c1-10(24-13-6-3-11(18)4-7-13)16(21)20-12-5-8-15(19)14(9-12)17(22)23-2/h3-10H,1-2H3,(H,20,21)/t10-/m0/s1. The van der Waals surface area contributed by atoms with Crippen LogP contribution in [0.2, 0.25) is 5.02 Å². The maximum atomic E-state index is 12.2. The molecule has 0 saturated heterocycles. The van der Waals surface area contributed by atoms with Gasteiger partial charge in [0.2, 0.25) is 0 Å². The Balaban J connectivity index is 2.05. The number of esters is 1. The van der Waals surface area contributed by atoms with Crippen molar-refractivity contribution in [3.8, 4) is 5.75 Å². The van der Waals surface area contributed by atoms with Crippen LogP contribution in [0, 0.1) is 0 Å². The fourth-order valence-electron chi connectivity index (χ4n) is 1.88. The van der Waals surface area contributed by atoms with Gasteiger partial charge in [-0.25, -0.2) is 4.79 Å². The highest BCUT2D eigenvalue weighted by Crippen LogP contribution is 2.22. The lowest BCUT2D eigenvalue weighted by molar-refractivity contribution is -0.122. The number of ether oxygens (including phenoxy) is 2. The van der Waals surface area contributed by atoms with Crippen LogP contribution in [0.4, 0.5) is 5.69 Å². The molecule has 0 heterocycles. The molecule has 0 unspecified atom stereocenters. The molecule has 24 heavy (non-hydrogen) atoms. The summed E-state index contributed by atoms with van der Waals surface area (Å²) < 4.78 is 11.1. The van der Waals surface area contributed by atoms with Crippen LogP contribution in [-0.2, 0) is 9.53 Å². The zero-order chi connectivity index (χ0) is 17.7. The topological polar surface area (TPSA) is 64.6 Å².